The molecule has 0 spiro atoms. The van der Waals surface area contributed by atoms with E-state index in [0.717, 1.165) is 24.2 Å². The fraction of sp³-hybridized carbons (Fsp3) is 0.368. The average Bonchev–Trinajstić information content (AvgIpc) is 2.62. The third-order valence-corrected chi connectivity index (χ3v) is 5.24. The summed E-state index contributed by atoms with van der Waals surface area (Å²) < 4.78 is 0. The van der Waals surface area contributed by atoms with Gasteiger partial charge in [-0.05, 0) is 17.2 Å². The molecule has 24 heavy (non-hydrogen) atoms. The Bertz CT molecular complexity index is 804. The second kappa shape index (κ2) is 5.93. The van der Waals surface area contributed by atoms with Crippen molar-refractivity contribution in [3.63, 3.8) is 0 Å². The highest BCUT2D eigenvalue weighted by Crippen LogP contribution is 2.52. The van der Waals surface area contributed by atoms with Crippen molar-refractivity contribution in [1.29, 1.82) is 21.2 Å². The van der Waals surface area contributed by atoms with E-state index in [1.807, 2.05) is 36.4 Å². The molecule has 1 aromatic rings. The van der Waals surface area contributed by atoms with Gasteiger partial charge in [0.25, 0.3) is 0 Å². The zero-order valence-corrected chi connectivity index (χ0v) is 13.5. The first-order valence-corrected chi connectivity index (χ1v) is 7.96. The Morgan fingerprint density at radius 2 is 1.83 bits per heavy atom. The molecule has 1 aromatic carbocycles. The number of quaternary nitrogens is 1. The molecule has 1 heterocycles. The van der Waals surface area contributed by atoms with Gasteiger partial charge in [0.05, 0.1) is 44.1 Å². The Hall–Kier alpha value is -2.94. The van der Waals surface area contributed by atoms with Crippen LogP contribution in [0.25, 0.3) is 0 Å². The van der Waals surface area contributed by atoms with Gasteiger partial charge < -0.3 is 10.3 Å². The minimum Gasteiger partial charge on any atom is -0.334 e. The zero-order valence-electron chi connectivity index (χ0n) is 13.5. The van der Waals surface area contributed by atoms with E-state index >= 15 is 0 Å². The number of likely N-dealkylation sites (N-methyl/N-ethyl adjacent to an activating group) is 1. The highest BCUT2D eigenvalue weighted by molar-refractivity contribution is 6.00. The van der Waals surface area contributed by atoms with Crippen molar-refractivity contribution in [2.45, 2.75) is 5.92 Å². The smallest absolute Gasteiger partial charge is 0.189 e. The number of hydrogen-bond acceptors (Lipinski definition) is 4. The van der Waals surface area contributed by atoms with Crippen molar-refractivity contribution >= 4 is 5.71 Å². The molecule has 1 saturated carbocycles. The van der Waals surface area contributed by atoms with Crippen molar-refractivity contribution in [3.8, 4) is 18.2 Å². The molecule has 0 aromatic heterocycles. The third kappa shape index (κ3) is 2.13. The van der Waals surface area contributed by atoms with Crippen LogP contribution < -0.4 is 4.90 Å². The maximum atomic E-state index is 9.86. The van der Waals surface area contributed by atoms with Crippen molar-refractivity contribution < 1.29 is 4.90 Å². The van der Waals surface area contributed by atoms with E-state index < -0.39 is 17.3 Å². The van der Waals surface area contributed by atoms with E-state index in [-0.39, 0.29) is 11.6 Å². The molecule has 2 aliphatic rings. The molecule has 4 atom stereocenters. The van der Waals surface area contributed by atoms with Crippen LogP contribution in [0.5, 0.6) is 0 Å². The van der Waals surface area contributed by atoms with Gasteiger partial charge in [-0.3, -0.25) is 0 Å². The minimum atomic E-state index is -1.60. The van der Waals surface area contributed by atoms with Gasteiger partial charge in [-0.25, -0.2) is 0 Å². The molecule has 118 valence electrons. The zero-order chi connectivity index (χ0) is 17.3. The standard InChI is InChI=1S/C19H17N5/c1-24-8-7-14-15(9-20)18(23)19(11-21,12-22)17(16(14)10-24)13-5-3-2-4-6-13/h2-7,15-17,23H,8,10H2,1H3/p+1/t15?,16-,17-/m0/s1. The van der Waals surface area contributed by atoms with E-state index in [0.29, 0.717) is 0 Å². The number of benzene rings is 1. The molecular formula is C19H18N5+. The van der Waals surface area contributed by atoms with Crippen LogP contribution in [-0.2, 0) is 0 Å². The lowest BCUT2D eigenvalue weighted by atomic mass is 9.54. The van der Waals surface area contributed by atoms with Crippen LogP contribution in [0.4, 0.5) is 0 Å². The number of fused-ring (bicyclic) bond motifs is 1. The number of rotatable bonds is 1. The van der Waals surface area contributed by atoms with Crippen LogP contribution in [-0.4, -0.2) is 25.8 Å². The normalized spacial score (nSPS) is 30.9. The predicted molar refractivity (Wildman–Crippen MR) is 87.9 cm³/mol. The molecule has 5 nitrogen and oxygen atoms in total. The SMILES string of the molecule is C[NH+]1CC=C2C(C#N)C(=N)C(C#N)(C#N)[C@@H](c3ccccc3)[C@H]2C1. The summed E-state index contributed by atoms with van der Waals surface area (Å²) in [5.41, 5.74) is 0.114. The van der Waals surface area contributed by atoms with Gasteiger partial charge in [0.2, 0.25) is 0 Å². The molecule has 3 rings (SSSR count). The number of hydrogen-bond donors (Lipinski definition) is 2. The summed E-state index contributed by atoms with van der Waals surface area (Å²) in [6.07, 6.45) is 2.03. The van der Waals surface area contributed by atoms with Gasteiger partial charge in [0.15, 0.2) is 5.41 Å². The third-order valence-electron chi connectivity index (χ3n) is 5.24. The topological polar surface area (TPSA) is 99.7 Å². The summed E-state index contributed by atoms with van der Waals surface area (Å²) in [5.74, 6) is -1.28. The Morgan fingerprint density at radius 1 is 1.17 bits per heavy atom. The molecule has 0 amide bonds. The second-order valence-corrected chi connectivity index (χ2v) is 6.57. The van der Waals surface area contributed by atoms with Crippen LogP contribution >= 0.6 is 0 Å². The Balaban J connectivity index is 2.26. The van der Waals surface area contributed by atoms with Crippen LogP contribution in [0.3, 0.4) is 0 Å². The summed E-state index contributed by atoms with van der Waals surface area (Å²) in [6.45, 7) is 1.55. The molecule has 1 fully saturated rings. The average molecular weight is 316 g/mol. The first-order chi connectivity index (χ1) is 11.6. The van der Waals surface area contributed by atoms with E-state index in [1.54, 1.807) is 0 Å². The van der Waals surface area contributed by atoms with Gasteiger partial charge >= 0.3 is 0 Å². The fourth-order valence-corrected chi connectivity index (χ4v) is 4.09. The Morgan fingerprint density at radius 3 is 2.42 bits per heavy atom. The van der Waals surface area contributed by atoms with Crippen molar-refractivity contribution in [2.75, 3.05) is 20.1 Å². The quantitative estimate of drug-likeness (QED) is 0.757. The van der Waals surface area contributed by atoms with Crippen LogP contribution in [0, 0.1) is 56.7 Å². The molecule has 1 aliphatic heterocycles. The molecule has 1 aliphatic carbocycles. The number of nitrogens with one attached hydrogen (secondary N) is 2. The maximum absolute atomic E-state index is 9.86. The van der Waals surface area contributed by atoms with E-state index in [1.165, 1.54) is 4.90 Å². The summed E-state index contributed by atoms with van der Waals surface area (Å²) in [7, 11) is 2.07. The number of nitrogens with zero attached hydrogens (tertiary/aromatic N) is 3. The Kier molecular flexibility index (Phi) is 3.94. The molecular weight excluding hydrogens is 298 g/mol. The monoisotopic (exact) mass is 316 g/mol. The molecule has 0 bridgehead atoms. The second-order valence-electron chi connectivity index (χ2n) is 6.57. The van der Waals surface area contributed by atoms with Gasteiger partial charge in [-0.2, -0.15) is 15.8 Å². The first-order valence-electron chi connectivity index (χ1n) is 7.96. The van der Waals surface area contributed by atoms with Crippen molar-refractivity contribution in [1.82, 2.24) is 0 Å². The lowest BCUT2D eigenvalue weighted by Crippen LogP contribution is -3.10. The summed E-state index contributed by atoms with van der Waals surface area (Å²) >= 11 is 0. The summed E-state index contributed by atoms with van der Waals surface area (Å²) in [4.78, 5) is 1.28. The van der Waals surface area contributed by atoms with E-state index in [4.69, 9.17) is 5.41 Å². The predicted octanol–water partition coefficient (Wildman–Crippen LogP) is 1.05. The maximum Gasteiger partial charge on any atom is 0.189 e. The summed E-state index contributed by atoms with van der Waals surface area (Å²) in [6, 6.07) is 15.9. The van der Waals surface area contributed by atoms with Gasteiger partial charge in [0.1, 0.15) is 5.92 Å². The van der Waals surface area contributed by atoms with Crippen LogP contribution in [0.2, 0.25) is 0 Å². The summed E-state index contributed by atoms with van der Waals surface area (Å²) in [5, 5.41) is 37.8. The first kappa shape index (κ1) is 15.9. The molecule has 5 heteroatoms. The number of nitriles is 3. The largest absolute Gasteiger partial charge is 0.334 e. The van der Waals surface area contributed by atoms with E-state index in [9.17, 15) is 15.8 Å². The van der Waals surface area contributed by atoms with Gasteiger partial charge in [-0.1, -0.05) is 30.3 Å². The van der Waals surface area contributed by atoms with Crippen molar-refractivity contribution in [2.24, 2.45) is 17.3 Å². The minimum absolute atomic E-state index is 0.0779. The van der Waals surface area contributed by atoms with E-state index in [2.05, 4.69) is 25.3 Å². The fourth-order valence-electron chi connectivity index (χ4n) is 4.09. The van der Waals surface area contributed by atoms with Crippen LogP contribution in [0.1, 0.15) is 11.5 Å². The van der Waals surface area contributed by atoms with Crippen molar-refractivity contribution in [3.05, 3.63) is 47.5 Å². The lowest BCUT2D eigenvalue weighted by Gasteiger charge is -2.45. The molecule has 0 radical (unpaired) electrons. The van der Waals surface area contributed by atoms with Gasteiger partial charge in [0, 0.05) is 11.8 Å². The molecule has 2 unspecified atom stereocenters. The Labute approximate surface area is 141 Å². The van der Waals surface area contributed by atoms with Gasteiger partial charge in [-0.15, -0.1) is 0 Å². The lowest BCUT2D eigenvalue weighted by molar-refractivity contribution is -0.878. The highest BCUT2D eigenvalue weighted by atomic mass is 15.1. The highest BCUT2D eigenvalue weighted by Gasteiger charge is 2.58. The molecule has 2 N–H and O–H groups in total. The van der Waals surface area contributed by atoms with Crippen LogP contribution in [0.15, 0.2) is 42.0 Å². The molecule has 0 saturated heterocycles.